The Kier molecular flexibility index (Phi) is 3.60. The molecule has 0 unspecified atom stereocenters. The van der Waals surface area contributed by atoms with Crippen molar-refractivity contribution in [3.63, 3.8) is 0 Å². The van der Waals surface area contributed by atoms with Gasteiger partial charge in [0.2, 0.25) is 0 Å². The van der Waals surface area contributed by atoms with Gasteiger partial charge < -0.3 is 0 Å². The summed E-state index contributed by atoms with van der Waals surface area (Å²) >= 11 is 0. The standard InChI is InChI=1S/C17H16N4/c1-13(2)20-21-16(14-9-5-3-6-10-14)18-19-17(21)15-11-7-4-8-12-15/h3-12H,1-2H3. The Balaban J connectivity index is 2.20. The fraction of sp³-hybridized carbons (Fsp3) is 0.118. The largest absolute Gasteiger partial charge is 0.192 e. The molecule has 0 aliphatic heterocycles. The van der Waals surface area contributed by atoms with E-state index < -0.39 is 0 Å². The number of hydrogen-bond acceptors (Lipinski definition) is 3. The van der Waals surface area contributed by atoms with Crippen molar-refractivity contribution in [2.75, 3.05) is 0 Å². The molecule has 0 saturated carbocycles. The van der Waals surface area contributed by atoms with Crippen LogP contribution in [0.2, 0.25) is 0 Å². The van der Waals surface area contributed by atoms with E-state index in [1.54, 1.807) is 4.68 Å². The summed E-state index contributed by atoms with van der Waals surface area (Å²) < 4.78 is 1.81. The number of rotatable bonds is 3. The van der Waals surface area contributed by atoms with Crippen molar-refractivity contribution in [1.82, 2.24) is 14.9 Å². The van der Waals surface area contributed by atoms with E-state index in [4.69, 9.17) is 0 Å². The summed E-state index contributed by atoms with van der Waals surface area (Å²) in [5.41, 5.74) is 2.94. The molecule has 0 saturated heterocycles. The quantitative estimate of drug-likeness (QED) is 0.682. The molecule has 0 radical (unpaired) electrons. The lowest BCUT2D eigenvalue weighted by atomic mass is 10.2. The van der Waals surface area contributed by atoms with Crippen molar-refractivity contribution >= 4 is 5.71 Å². The van der Waals surface area contributed by atoms with Crippen LogP contribution in [0.3, 0.4) is 0 Å². The first-order valence-electron chi connectivity index (χ1n) is 6.84. The van der Waals surface area contributed by atoms with E-state index in [0.717, 1.165) is 28.5 Å². The highest BCUT2D eigenvalue weighted by Crippen LogP contribution is 2.24. The van der Waals surface area contributed by atoms with Crippen molar-refractivity contribution in [2.24, 2.45) is 5.10 Å². The minimum absolute atomic E-state index is 0.746. The third kappa shape index (κ3) is 2.74. The van der Waals surface area contributed by atoms with Gasteiger partial charge in [-0.1, -0.05) is 60.7 Å². The predicted octanol–water partition coefficient (Wildman–Crippen LogP) is 3.86. The highest BCUT2D eigenvalue weighted by Gasteiger charge is 2.14. The summed E-state index contributed by atoms with van der Waals surface area (Å²) in [7, 11) is 0. The molecule has 1 aromatic heterocycles. The second-order valence-corrected chi connectivity index (χ2v) is 4.94. The van der Waals surface area contributed by atoms with E-state index in [-0.39, 0.29) is 0 Å². The highest BCUT2D eigenvalue weighted by atomic mass is 15.5. The van der Waals surface area contributed by atoms with E-state index in [9.17, 15) is 0 Å². The molecule has 0 spiro atoms. The van der Waals surface area contributed by atoms with Crippen molar-refractivity contribution in [3.05, 3.63) is 60.7 Å². The van der Waals surface area contributed by atoms with Crippen LogP contribution in [-0.4, -0.2) is 20.6 Å². The molecule has 0 aliphatic rings. The SMILES string of the molecule is CC(C)=Nn1c(-c2ccccc2)nnc1-c1ccccc1. The van der Waals surface area contributed by atoms with Gasteiger partial charge in [0.05, 0.1) is 0 Å². The van der Waals surface area contributed by atoms with E-state index in [2.05, 4.69) is 15.3 Å². The fourth-order valence-corrected chi connectivity index (χ4v) is 2.11. The molecule has 4 heteroatoms. The number of aromatic nitrogens is 3. The van der Waals surface area contributed by atoms with Crippen molar-refractivity contribution in [2.45, 2.75) is 13.8 Å². The van der Waals surface area contributed by atoms with E-state index in [1.165, 1.54) is 0 Å². The van der Waals surface area contributed by atoms with Gasteiger partial charge in [0, 0.05) is 16.8 Å². The van der Waals surface area contributed by atoms with Gasteiger partial charge in [-0.05, 0) is 13.8 Å². The number of benzene rings is 2. The summed E-state index contributed by atoms with van der Waals surface area (Å²) in [4.78, 5) is 0. The van der Waals surface area contributed by atoms with Crippen molar-refractivity contribution in [1.29, 1.82) is 0 Å². The zero-order valence-corrected chi connectivity index (χ0v) is 12.1. The van der Waals surface area contributed by atoms with Gasteiger partial charge in [0.25, 0.3) is 0 Å². The Morgan fingerprint density at radius 2 is 1.19 bits per heavy atom. The molecule has 3 rings (SSSR count). The lowest BCUT2D eigenvalue weighted by Gasteiger charge is -2.05. The lowest BCUT2D eigenvalue weighted by Crippen LogP contribution is -1.99. The van der Waals surface area contributed by atoms with Crippen molar-refractivity contribution in [3.8, 4) is 22.8 Å². The van der Waals surface area contributed by atoms with Crippen LogP contribution in [0, 0.1) is 0 Å². The molecule has 0 bridgehead atoms. The summed E-state index contributed by atoms with van der Waals surface area (Å²) in [5, 5.41) is 13.2. The average molecular weight is 276 g/mol. The maximum absolute atomic E-state index is 4.58. The molecule has 2 aromatic carbocycles. The van der Waals surface area contributed by atoms with Crippen LogP contribution in [-0.2, 0) is 0 Å². The highest BCUT2D eigenvalue weighted by molar-refractivity contribution is 5.79. The minimum atomic E-state index is 0.746. The molecule has 21 heavy (non-hydrogen) atoms. The van der Waals surface area contributed by atoms with Crippen LogP contribution in [0.15, 0.2) is 65.8 Å². The summed E-state index contributed by atoms with van der Waals surface area (Å²) in [6, 6.07) is 19.9. The lowest BCUT2D eigenvalue weighted by molar-refractivity contribution is 0.888. The molecule has 0 aliphatic carbocycles. The molecule has 0 amide bonds. The molecule has 4 nitrogen and oxygen atoms in total. The van der Waals surface area contributed by atoms with E-state index in [0.29, 0.717) is 0 Å². The van der Waals surface area contributed by atoms with Crippen molar-refractivity contribution < 1.29 is 0 Å². The van der Waals surface area contributed by atoms with Gasteiger partial charge in [0.1, 0.15) is 0 Å². The van der Waals surface area contributed by atoms with Crippen LogP contribution in [0.4, 0.5) is 0 Å². The Bertz CT molecular complexity index is 697. The van der Waals surface area contributed by atoms with Crippen LogP contribution in [0.25, 0.3) is 22.8 Å². The first-order chi connectivity index (χ1) is 10.3. The van der Waals surface area contributed by atoms with Crippen LogP contribution >= 0.6 is 0 Å². The Labute approximate surface area is 123 Å². The van der Waals surface area contributed by atoms with Gasteiger partial charge in [0.15, 0.2) is 11.6 Å². The zero-order chi connectivity index (χ0) is 14.7. The predicted molar refractivity (Wildman–Crippen MR) is 85.1 cm³/mol. The minimum Gasteiger partial charge on any atom is -0.192 e. The Morgan fingerprint density at radius 1 is 0.762 bits per heavy atom. The van der Waals surface area contributed by atoms with Crippen LogP contribution in [0.5, 0.6) is 0 Å². The van der Waals surface area contributed by atoms with Gasteiger partial charge in [-0.25, -0.2) is 0 Å². The smallest absolute Gasteiger partial charge is 0.185 e. The van der Waals surface area contributed by atoms with Crippen LogP contribution < -0.4 is 0 Å². The van der Waals surface area contributed by atoms with E-state index in [1.807, 2.05) is 74.5 Å². The van der Waals surface area contributed by atoms with Gasteiger partial charge in [-0.3, -0.25) is 0 Å². The maximum Gasteiger partial charge on any atom is 0.185 e. The van der Waals surface area contributed by atoms with Gasteiger partial charge in [-0.2, -0.15) is 9.78 Å². The second-order valence-electron chi connectivity index (χ2n) is 4.94. The van der Waals surface area contributed by atoms with E-state index >= 15 is 0 Å². The maximum atomic E-state index is 4.58. The molecule has 104 valence electrons. The molecular formula is C17H16N4. The second kappa shape index (κ2) is 5.71. The third-order valence-electron chi connectivity index (χ3n) is 3.00. The third-order valence-corrected chi connectivity index (χ3v) is 3.00. The first kappa shape index (κ1) is 13.2. The monoisotopic (exact) mass is 276 g/mol. The van der Waals surface area contributed by atoms with Gasteiger partial charge >= 0.3 is 0 Å². The molecule has 0 N–H and O–H groups in total. The summed E-state index contributed by atoms with van der Waals surface area (Å²) in [5.74, 6) is 1.49. The normalized spacial score (nSPS) is 10.4. The molecular weight excluding hydrogens is 260 g/mol. The molecule has 3 aromatic rings. The molecule has 1 heterocycles. The summed E-state index contributed by atoms with van der Waals surface area (Å²) in [6.07, 6.45) is 0. The first-order valence-corrected chi connectivity index (χ1v) is 6.84. The Morgan fingerprint density at radius 3 is 1.57 bits per heavy atom. The Hall–Kier alpha value is -2.75. The fourth-order valence-electron chi connectivity index (χ4n) is 2.11. The molecule has 0 fully saturated rings. The van der Waals surface area contributed by atoms with Gasteiger partial charge in [-0.15, -0.1) is 10.2 Å². The average Bonchev–Trinajstić information content (AvgIpc) is 2.92. The number of hydrogen-bond donors (Lipinski definition) is 0. The topological polar surface area (TPSA) is 43.1 Å². The zero-order valence-electron chi connectivity index (χ0n) is 12.1. The van der Waals surface area contributed by atoms with Crippen LogP contribution in [0.1, 0.15) is 13.8 Å². The summed E-state index contributed by atoms with van der Waals surface area (Å²) in [6.45, 7) is 3.92. The number of nitrogens with zero attached hydrogens (tertiary/aromatic N) is 4. The molecule has 0 atom stereocenters.